The fourth-order valence-corrected chi connectivity index (χ4v) is 4.67. The van der Waals surface area contributed by atoms with E-state index < -0.39 is 6.04 Å². The third kappa shape index (κ3) is 5.71. The minimum absolute atomic E-state index is 0.0877. The van der Waals surface area contributed by atoms with E-state index in [1.807, 2.05) is 11.5 Å². The van der Waals surface area contributed by atoms with E-state index in [4.69, 9.17) is 32.9 Å². The first-order chi connectivity index (χ1) is 16.5. The van der Waals surface area contributed by atoms with Gasteiger partial charge in [0.05, 0.1) is 34.3 Å². The van der Waals surface area contributed by atoms with Crippen molar-refractivity contribution in [2.75, 3.05) is 39.4 Å². The first kappa shape index (κ1) is 24.9. The monoisotopic (exact) mass is 506 g/mol. The summed E-state index contributed by atoms with van der Waals surface area (Å²) in [7, 11) is 0. The van der Waals surface area contributed by atoms with E-state index in [1.165, 1.54) is 6.07 Å². The molecule has 1 saturated heterocycles. The molecule has 6 nitrogen and oxygen atoms in total. The van der Waals surface area contributed by atoms with E-state index in [2.05, 4.69) is 10.2 Å². The van der Waals surface area contributed by atoms with E-state index in [-0.39, 0.29) is 18.1 Å². The summed E-state index contributed by atoms with van der Waals surface area (Å²) in [6.45, 7) is 6.52. The number of imidazole rings is 1. The van der Waals surface area contributed by atoms with Gasteiger partial charge in [-0.05, 0) is 30.2 Å². The van der Waals surface area contributed by atoms with Crippen molar-refractivity contribution in [3.63, 3.8) is 0 Å². The maximum atomic E-state index is 14.5. The first-order valence-corrected chi connectivity index (χ1v) is 12.4. The van der Waals surface area contributed by atoms with Gasteiger partial charge in [-0.1, -0.05) is 54.7 Å². The van der Waals surface area contributed by atoms with Gasteiger partial charge in [-0.25, -0.2) is 9.37 Å². The predicted molar refractivity (Wildman–Crippen MR) is 133 cm³/mol. The summed E-state index contributed by atoms with van der Waals surface area (Å²) in [4.78, 5) is 20.4. The van der Waals surface area contributed by atoms with Crippen LogP contribution in [0.2, 0.25) is 10.0 Å². The molecule has 0 bridgehead atoms. The van der Waals surface area contributed by atoms with Gasteiger partial charge in [-0.3, -0.25) is 9.69 Å². The van der Waals surface area contributed by atoms with E-state index >= 15 is 0 Å². The first-order valence-electron chi connectivity index (χ1n) is 11.6. The summed E-state index contributed by atoms with van der Waals surface area (Å²) in [5, 5.41) is 3.87. The molecule has 1 N–H and O–H groups in total. The SMILES string of the molecule is CCC[C@H](C(=O)NCCN1CCOCC1)n1c(Cc2ccccc2F)nc2cc(Cl)c(Cl)cc21. The summed E-state index contributed by atoms with van der Waals surface area (Å²) in [5.41, 5.74) is 1.85. The highest BCUT2D eigenvalue weighted by molar-refractivity contribution is 6.42. The molecule has 0 spiro atoms. The molecule has 1 aliphatic heterocycles. The van der Waals surface area contributed by atoms with Gasteiger partial charge in [0.25, 0.3) is 0 Å². The zero-order valence-electron chi connectivity index (χ0n) is 19.2. The normalized spacial score (nSPS) is 15.5. The highest BCUT2D eigenvalue weighted by Gasteiger charge is 2.26. The van der Waals surface area contributed by atoms with Crippen LogP contribution in [0.3, 0.4) is 0 Å². The van der Waals surface area contributed by atoms with Crippen molar-refractivity contribution in [3.05, 3.63) is 63.6 Å². The number of carbonyl (C=O) groups is 1. The number of nitrogens with zero attached hydrogens (tertiary/aromatic N) is 3. The van der Waals surface area contributed by atoms with Crippen molar-refractivity contribution in [3.8, 4) is 0 Å². The fourth-order valence-electron chi connectivity index (χ4n) is 4.36. The van der Waals surface area contributed by atoms with Gasteiger partial charge in [0, 0.05) is 32.6 Å². The zero-order valence-corrected chi connectivity index (χ0v) is 20.7. The van der Waals surface area contributed by atoms with Crippen molar-refractivity contribution in [1.29, 1.82) is 0 Å². The van der Waals surface area contributed by atoms with Gasteiger partial charge in [0.2, 0.25) is 5.91 Å². The van der Waals surface area contributed by atoms with Crippen LogP contribution in [0.15, 0.2) is 36.4 Å². The van der Waals surface area contributed by atoms with Gasteiger partial charge in [0.1, 0.15) is 17.7 Å². The van der Waals surface area contributed by atoms with Gasteiger partial charge >= 0.3 is 0 Å². The number of nitrogens with one attached hydrogen (secondary N) is 1. The highest BCUT2D eigenvalue weighted by atomic mass is 35.5. The molecule has 0 aliphatic carbocycles. The molecule has 4 rings (SSSR count). The number of amides is 1. The number of ether oxygens (including phenoxy) is 1. The van der Waals surface area contributed by atoms with E-state index in [9.17, 15) is 9.18 Å². The molecule has 182 valence electrons. The van der Waals surface area contributed by atoms with Crippen LogP contribution in [0.25, 0.3) is 11.0 Å². The molecule has 1 aliphatic rings. The molecule has 34 heavy (non-hydrogen) atoms. The second-order valence-electron chi connectivity index (χ2n) is 8.47. The van der Waals surface area contributed by atoms with Crippen LogP contribution in [0.5, 0.6) is 0 Å². The summed E-state index contributed by atoms with van der Waals surface area (Å²) in [6, 6.07) is 9.54. The maximum absolute atomic E-state index is 14.5. The zero-order chi connectivity index (χ0) is 24.1. The fraction of sp³-hybridized carbons (Fsp3) is 0.440. The number of aromatic nitrogens is 2. The second kappa shape index (κ2) is 11.5. The molecular formula is C25H29Cl2FN4O2. The Morgan fingerprint density at radius 1 is 1.21 bits per heavy atom. The largest absolute Gasteiger partial charge is 0.379 e. The molecular weight excluding hydrogens is 478 g/mol. The van der Waals surface area contributed by atoms with E-state index in [0.29, 0.717) is 45.4 Å². The Morgan fingerprint density at radius 2 is 1.94 bits per heavy atom. The topological polar surface area (TPSA) is 59.4 Å². The number of benzene rings is 2. The second-order valence-corrected chi connectivity index (χ2v) is 9.29. The molecule has 1 amide bonds. The molecule has 1 atom stereocenters. The Bertz CT molecular complexity index is 1150. The van der Waals surface area contributed by atoms with Gasteiger partial charge in [-0.2, -0.15) is 0 Å². The number of hydrogen-bond donors (Lipinski definition) is 1. The number of morpholine rings is 1. The standard InChI is InChI=1S/C25H29Cl2FN4O2/c1-2-5-22(25(33)29-8-9-31-10-12-34-13-11-31)32-23-16-19(27)18(26)15-21(23)30-24(32)14-17-6-3-4-7-20(17)28/h3-4,6-7,15-16,22H,2,5,8-14H2,1H3,(H,29,33)/t22-/m1/s1. The quantitative estimate of drug-likeness (QED) is 0.450. The van der Waals surface area contributed by atoms with E-state index in [1.54, 1.807) is 30.3 Å². The third-order valence-electron chi connectivity index (χ3n) is 6.12. The van der Waals surface area contributed by atoms with Crippen LogP contribution in [0.1, 0.15) is 37.2 Å². The molecule has 9 heteroatoms. The van der Waals surface area contributed by atoms with Crippen molar-refractivity contribution in [2.45, 2.75) is 32.2 Å². The lowest BCUT2D eigenvalue weighted by Crippen LogP contribution is -2.42. The summed E-state index contributed by atoms with van der Waals surface area (Å²) >= 11 is 12.6. The van der Waals surface area contributed by atoms with Gasteiger partial charge in [0.15, 0.2) is 0 Å². The number of hydrogen-bond acceptors (Lipinski definition) is 4. The third-order valence-corrected chi connectivity index (χ3v) is 6.84. The Morgan fingerprint density at radius 3 is 2.68 bits per heavy atom. The minimum Gasteiger partial charge on any atom is -0.379 e. The molecule has 1 aromatic heterocycles. The van der Waals surface area contributed by atoms with Crippen LogP contribution in [0.4, 0.5) is 4.39 Å². The average molecular weight is 507 g/mol. The Balaban J connectivity index is 1.65. The molecule has 2 aromatic carbocycles. The Kier molecular flexibility index (Phi) is 8.42. The summed E-state index contributed by atoms with van der Waals surface area (Å²) in [5.74, 6) is 0.203. The summed E-state index contributed by atoms with van der Waals surface area (Å²) in [6.07, 6.45) is 1.65. The molecule has 0 saturated carbocycles. The number of carbonyl (C=O) groups excluding carboxylic acids is 1. The number of rotatable bonds is 9. The molecule has 2 heterocycles. The van der Waals surface area contributed by atoms with Crippen molar-refractivity contribution < 1.29 is 13.9 Å². The van der Waals surface area contributed by atoms with Crippen LogP contribution in [0, 0.1) is 5.82 Å². The van der Waals surface area contributed by atoms with E-state index in [0.717, 1.165) is 39.3 Å². The minimum atomic E-state index is -0.501. The number of fused-ring (bicyclic) bond motifs is 1. The van der Waals surface area contributed by atoms with Crippen LogP contribution in [-0.2, 0) is 16.0 Å². The van der Waals surface area contributed by atoms with Crippen LogP contribution in [-0.4, -0.2) is 59.8 Å². The lowest BCUT2D eigenvalue weighted by Gasteiger charge is -2.27. The molecule has 0 unspecified atom stereocenters. The average Bonchev–Trinajstić information content (AvgIpc) is 3.16. The smallest absolute Gasteiger partial charge is 0.243 e. The lowest BCUT2D eigenvalue weighted by molar-refractivity contribution is -0.124. The molecule has 0 radical (unpaired) electrons. The Hall–Kier alpha value is -2.19. The van der Waals surface area contributed by atoms with Crippen LogP contribution < -0.4 is 5.32 Å². The van der Waals surface area contributed by atoms with Crippen LogP contribution >= 0.6 is 23.2 Å². The Labute approximate surface area is 209 Å². The van der Waals surface area contributed by atoms with Gasteiger partial charge < -0.3 is 14.6 Å². The predicted octanol–water partition coefficient (Wildman–Crippen LogP) is 4.86. The van der Waals surface area contributed by atoms with Crippen molar-refractivity contribution in [1.82, 2.24) is 19.8 Å². The lowest BCUT2D eigenvalue weighted by atomic mass is 10.1. The van der Waals surface area contributed by atoms with Crippen molar-refractivity contribution in [2.24, 2.45) is 0 Å². The van der Waals surface area contributed by atoms with Crippen molar-refractivity contribution >= 4 is 40.1 Å². The maximum Gasteiger partial charge on any atom is 0.243 e. The summed E-state index contributed by atoms with van der Waals surface area (Å²) < 4.78 is 21.8. The number of halogens is 3. The van der Waals surface area contributed by atoms with Gasteiger partial charge in [-0.15, -0.1) is 0 Å². The molecule has 1 fully saturated rings. The highest BCUT2D eigenvalue weighted by Crippen LogP contribution is 2.32. The molecule has 3 aromatic rings.